The van der Waals surface area contributed by atoms with E-state index >= 15 is 0 Å². The number of cyclic esters (lactones) is 1. The van der Waals surface area contributed by atoms with Crippen molar-refractivity contribution in [3.8, 4) is 0 Å². The number of allylic oxidation sites excluding steroid dienone is 2. The summed E-state index contributed by atoms with van der Waals surface area (Å²) in [7, 11) is 0. The van der Waals surface area contributed by atoms with E-state index in [0.717, 1.165) is 24.8 Å². The maximum Gasteiger partial charge on any atom is 0.414 e. The van der Waals surface area contributed by atoms with E-state index in [0.29, 0.717) is 19.6 Å². The van der Waals surface area contributed by atoms with Crippen LogP contribution in [0.2, 0.25) is 0 Å². The normalized spacial score (nSPS) is 19.6. The molecule has 1 unspecified atom stereocenters. The van der Waals surface area contributed by atoms with E-state index in [-0.39, 0.29) is 12.0 Å². The lowest BCUT2D eigenvalue weighted by Gasteiger charge is -2.22. The first-order valence-electron chi connectivity index (χ1n) is 8.98. The zero-order chi connectivity index (χ0) is 16.9. The minimum absolute atomic E-state index is 0.0227. The third-order valence-electron chi connectivity index (χ3n) is 4.96. The van der Waals surface area contributed by atoms with E-state index in [1.54, 1.807) is 4.90 Å². The molecule has 24 heavy (non-hydrogen) atoms. The lowest BCUT2D eigenvalue weighted by molar-refractivity contribution is -0.108. The van der Waals surface area contributed by atoms with Gasteiger partial charge in [0, 0.05) is 18.0 Å². The van der Waals surface area contributed by atoms with E-state index in [2.05, 4.69) is 19.1 Å². The fourth-order valence-corrected chi connectivity index (χ4v) is 3.86. The fourth-order valence-electron chi connectivity index (χ4n) is 3.86. The van der Waals surface area contributed by atoms with E-state index < -0.39 is 0 Å². The molecule has 1 aromatic carbocycles. The van der Waals surface area contributed by atoms with Crippen molar-refractivity contribution < 1.29 is 14.3 Å². The summed E-state index contributed by atoms with van der Waals surface area (Å²) >= 11 is 0. The van der Waals surface area contributed by atoms with Crippen LogP contribution in [0, 0.1) is 0 Å². The molecule has 1 amide bonds. The van der Waals surface area contributed by atoms with Gasteiger partial charge in [-0.15, -0.1) is 0 Å². The van der Waals surface area contributed by atoms with Gasteiger partial charge < -0.3 is 9.53 Å². The van der Waals surface area contributed by atoms with Gasteiger partial charge in [-0.2, -0.15) is 0 Å². The van der Waals surface area contributed by atoms with Gasteiger partial charge >= 0.3 is 6.09 Å². The second-order valence-corrected chi connectivity index (χ2v) is 6.48. The second kappa shape index (κ2) is 7.65. The van der Waals surface area contributed by atoms with Crippen LogP contribution in [-0.4, -0.2) is 30.4 Å². The maximum atomic E-state index is 12.2. The van der Waals surface area contributed by atoms with Crippen LogP contribution in [-0.2, 0) is 9.53 Å². The van der Waals surface area contributed by atoms with Crippen molar-refractivity contribution in [1.82, 2.24) is 4.90 Å². The molecule has 128 valence electrons. The number of unbranched alkanes of at least 4 members (excludes halogenated alkanes) is 3. The summed E-state index contributed by atoms with van der Waals surface area (Å²) in [6.07, 6.45) is 6.78. The van der Waals surface area contributed by atoms with Crippen LogP contribution < -0.4 is 0 Å². The first-order valence-corrected chi connectivity index (χ1v) is 8.98. The quantitative estimate of drug-likeness (QED) is 0.521. The summed E-state index contributed by atoms with van der Waals surface area (Å²) in [4.78, 5) is 25.2. The number of rotatable bonds is 8. The molecular formula is C20H25NO3. The zero-order valence-electron chi connectivity index (χ0n) is 14.3. The molecule has 0 aromatic heterocycles. The lowest BCUT2D eigenvalue weighted by atomic mass is 9.96. The number of nitrogens with zero attached hydrogens (tertiary/aromatic N) is 1. The molecule has 1 aromatic rings. The Morgan fingerprint density at radius 1 is 1.25 bits per heavy atom. The number of carbonyl (C=O) groups excluding carboxylic acids is 2. The first-order chi connectivity index (χ1) is 11.8. The van der Waals surface area contributed by atoms with Gasteiger partial charge in [-0.3, -0.25) is 4.90 Å². The third kappa shape index (κ3) is 3.10. The lowest BCUT2D eigenvalue weighted by Crippen LogP contribution is -2.26. The van der Waals surface area contributed by atoms with Crippen LogP contribution in [0.15, 0.2) is 30.0 Å². The topological polar surface area (TPSA) is 46.6 Å². The number of benzene rings is 1. The number of hydrogen-bond acceptors (Lipinski definition) is 3. The van der Waals surface area contributed by atoms with Crippen molar-refractivity contribution in [1.29, 1.82) is 0 Å². The Kier molecular flexibility index (Phi) is 5.34. The van der Waals surface area contributed by atoms with E-state index in [1.165, 1.54) is 36.0 Å². The van der Waals surface area contributed by atoms with Gasteiger partial charge in [-0.1, -0.05) is 50.5 Å². The van der Waals surface area contributed by atoms with E-state index in [9.17, 15) is 9.59 Å². The predicted molar refractivity (Wildman–Crippen MR) is 93.6 cm³/mol. The first kappa shape index (κ1) is 16.7. The van der Waals surface area contributed by atoms with Gasteiger partial charge in [-0.25, -0.2) is 4.79 Å². The number of carbonyl (C=O) groups is 2. The second-order valence-electron chi connectivity index (χ2n) is 6.48. The van der Waals surface area contributed by atoms with E-state index in [1.807, 2.05) is 12.1 Å². The summed E-state index contributed by atoms with van der Waals surface area (Å²) in [5, 5.41) is 0. The van der Waals surface area contributed by atoms with Crippen LogP contribution in [0.25, 0.3) is 5.57 Å². The van der Waals surface area contributed by atoms with Crippen molar-refractivity contribution in [2.24, 2.45) is 0 Å². The Morgan fingerprint density at radius 3 is 2.79 bits per heavy atom. The van der Waals surface area contributed by atoms with Crippen molar-refractivity contribution in [2.75, 3.05) is 13.2 Å². The molecular weight excluding hydrogens is 302 g/mol. The van der Waals surface area contributed by atoms with Crippen LogP contribution in [0.4, 0.5) is 4.79 Å². The average Bonchev–Trinajstić information content (AvgIpc) is 3.14. The number of ether oxygens (including phenoxy) is 1. The Bertz CT molecular complexity index is 650. The average molecular weight is 327 g/mol. The molecule has 0 saturated carbocycles. The molecule has 0 bridgehead atoms. The Balaban J connectivity index is 1.97. The standard InChI is InChI=1S/C20H25NO3/c1-2-3-4-5-10-17-15-8-6-7-9-16(15)18(11-13-22)19(17)21-12-14-24-20(21)23/h6-9,13,18H,2-5,10-12,14H2,1H3. The number of aldehydes is 1. The van der Waals surface area contributed by atoms with E-state index in [4.69, 9.17) is 4.74 Å². The highest BCUT2D eigenvalue weighted by atomic mass is 16.6. The van der Waals surface area contributed by atoms with Gasteiger partial charge in [-0.05, 0) is 29.5 Å². The molecule has 0 spiro atoms. The molecule has 1 atom stereocenters. The third-order valence-corrected chi connectivity index (χ3v) is 4.96. The number of fused-ring (bicyclic) bond motifs is 1. The summed E-state index contributed by atoms with van der Waals surface area (Å²) in [6.45, 7) is 3.21. The molecule has 4 nitrogen and oxygen atoms in total. The summed E-state index contributed by atoms with van der Waals surface area (Å²) in [5.74, 6) is -0.0227. The molecule has 2 aliphatic rings. The summed E-state index contributed by atoms with van der Waals surface area (Å²) in [5.41, 5.74) is 4.61. The van der Waals surface area contributed by atoms with Gasteiger partial charge in [0.1, 0.15) is 12.9 Å². The van der Waals surface area contributed by atoms with Crippen molar-refractivity contribution in [3.63, 3.8) is 0 Å². The van der Waals surface area contributed by atoms with Gasteiger partial charge in [0.2, 0.25) is 0 Å². The molecule has 1 aliphatic carbocycles. The maximum absolute atomic E-state index is 12.2. The minimum Gasteiger partial charge on any atom is -0.447 e. The van der Waals surface area contributed by atoms with Gasteiger partial charge in [0.25, 0.3) is 0 Å². The monoisotopic (exact) mass is 327 g/mol. The van der Waals surface area contributed by atoms with Crippen LogP contribution in [0.1, 0.15) is 62.5 Å². The van der Waals surface area contributed by atoms with Crippen LogP contribution in [0.5, 0.6) is 0 Å². The fraction of sp³-hybridized carbons (Fsp3) is 0.500. The molecule has 0 radical (unpaired) electrons. The summed E-state index contributed by atoms with van der Waals surface area (Å²) < 4.78 is 5.16. The highest BCUT2D eigenvalue weighted by Crippen LogP contribution is 2.47. The molecule has 0 N–H and O–H groups in total. The Hall–Kier alpha value is -2.10. The molecule has 3 rings (SSSR count). The van der Waals surface area contributed by atoms with Crippen molar-refractivity contribution >= 4 is 18.0 Å². The predicted octanol–water partition coefficient (Wildman–Crippen LogP) is 4.51. The van der Waals surface area contributed by atoms with Gasteiger partial charge in [0.05, 0.1) is 6.54 Å². The number of hydrogen-bond donors (Lipinski definition) is 0. The van der Waals surface area contributed by atoms with Crippen LogP contribution in [0.3, 0.4) is 0 Å². The minimum atomic E-state index is -0.278. The molecule has 1 aliphatic heterocycles. The molecule has 4 heteroatoms. The van der Waals surface area contributed by atoms with Crippen molar-refractivity contribution in [3.05, 3.63) is 41.1 Å². The molecule has 1 fully saturated rings. The zero-order valence-corrected chi connectivity index (χ0v) is 14.3. The Labute approximate surface area is 143 Å². The van der Waals surface area contributed by atoms with Gasteiger partial charge in [0.15, 0.2) is 0 Å². The largest absolute Gasteiger partial charge is 0.447 e. The number of amides is 1. The highest BCUT2D eigenvalue weighted by molar-refractivity contribution is 5.84. The molecule has 1 heterocycles. The Morgan fingerprint density at radius 2 is 2.08 bits per heavy atom. The highest BCUT2D eigenvalue weighted by Gasteiger charge is 2.38. The summed E-state index contributed by atoms with van der Waals surface area (Å²) in [6, 6.07) is 8.26. The van der Waals surface area contributed by atoms with Crippen LogP contribution >= 0.6 is 0 Å². The smallest absolute Gasteiger partial charge is 0.414 e. The SMILES string of the molecule is CCCCCCC1=C(N2CCOC2=O)C(CC=O)c2ccccc21. The van der Waals surface area contributed by atoms with Crippen molar-refractivity contribution in [2.45, 2.75) is 51.4 Å². The molecule has 1 saturated heterocycles.